The lowest BCUT2D eigenvalue weighted by Gasteiger charge is -2.63. The number of esters is 1. The zero-order chi connectivity index (χ0) is 23.9. The second-order valence-electron chi connectivity index (χ2n) is 9.99. The third kappa shape index (κ3) is 3.70. The van der Waals surface area contributed by atoms with Crippen molar-refractivity contribution in [1.82, 2.24) is 4.57 Å². The van der Waals surface area contributed by atoms with Crippen molar-refractivity contribution in [3.63, 3.8) is 0 Å². The lowest BCUT2D eigenvalue weighted by Crippen LogP contribution is -2.58. The molecule has 0 amide bonds. The Morgan fingerprint density at radius 3 is 2.53 bits per heavy atom. The van der Waals surface area contributed by atoms with Crippen LogP contribution in [0.4, 0.5) is 0 Å². The number of fused-ring (bicyclic) bond motifs is 4. The van der Waals surface area contributed by atoms with Crippen molar-refractivity contribution in [1.29, 1.82) is 0 Å². The molecule has 2 spiro atoms. The van der Waals surface area contributed by atoms with Gasteiger partial charge in [0, 0.05) is 43.5 Å². The summed E-state index contributed by atoms with van der Waals surface area (Å²) in [5, 5.41) is 0. The number of ether oxygens (including phenoxy) is 4. The Morgan fingerprint density at radius 1 is 1.09 bits per heavy atom. The SMILES string of the molecule is CCOC(=O)c1cn2c(cc1=O)-c1cc(OC)c(OCCCOC)cc1CC21CC2(CCC2)C1. The lowest BCUT2D eigenvalue weighted by molar-refractivity contribution is -0.0868. The highest BCUT2D eigenvalue weighted by Gasteiger charge is 2.59. The Morgan fingerprint density at radius 2 is 1.88 bits per heavy atom. The Hall–Kier alpha value is -2.80. The highest BCUT2D eigenvalue weighted by Crippen LogP contribution is 2.66. The van der Waals surface area contributed by atoms with Crippen molar-refractivity contribution in [3.05, 3.63) is 45.7 Å². The number of pyridine rings is 1. The van der Waals surface area contributed by atoms with Crippen LogP contribution in [0.2, 0.25) is 0 Å². The van der Waals surface area contributed by atoms with E-state index in [0.717, 1.165) is 42.5 Å². The first kappa shape index (κ1) is 23.0. The zero-order valence-electron chi connectivity index (χ0n) is 20.3. The minimum atomic E-state index is -0.557. The van der Waals surface area contributed by atoms with Crippen molar-refractivity contribution in [2.75, 3.05) is 34.0 Å². The summed E-state index contributed by atoms with van der Waals surface area (Å²) in [6.45, 7) is 3.16. The Bertz CT molecular complexity index is 1150. The van der Waals surface area contributed by atoms with E-state index in [2.05, 4.69) is 10.6 Å². The van der Waals surface area contributed by atoms with Crippen LogP contribution in [0.3, 0.4) is 0 Å². The predicted octanol–water partition coefficient (Wildman–Crippen LogP) is 4.33. The summed E-state index contributed by atoms with van der Waals surface area (Å²) in [5.41, 5.74) is 3.00. The molecule has 2 aromatic rings. The highest BCUT2D eigenvalue weighted by atomic mass is 16.5. The minimum Gasteiger partial charge on any atom is -0.493 e. The molecule has 0 unspecified atom stereocenters. The maximum Gasteiger partial charge on any atom is 0.343 e. The lowest BCUT2D eigenvalue weighted by atomic mass is 9.46. The smallest absolute Gasteiger partial charge is 0.343 e. The summed E-state index contributed by atoms with van der Waals surface area (Å²) in [4.78, 5) is 25.5. The van der Waals surface area contributed by atoms with Gasteiger partial charge >= 0.3 is 5.97 Å². The van der Waals surface area contributed by atoms with Gasteiger partial charge in [0.25, 0.3) is 0 Å². The average Bonchev–Trinajstić information content (AvgIpc) is 2.77. The van der Waals surface area contributed by atoms with Gasteiger partial charge in [0.1, 0.15) is 5.56 Å². The Kier molecular flexibility index (Phi) is 5.92. The van der Waals surface area contributed by atoms with E-state index in [-0.39, 0.29) is 23.1 Å². The van der Waals surface area contributed by atoms with Crippen molar-refractivity contribution >= 4 is 5.97 Å². The highest BCUT2D eigenvalue weighted by molar-refractivity contribution is 5.89. The van der Waals surface area contributed by atoms with Crippen LogP contribution in [0.25, 0.3) is 11.3 Å². The van der Waals surface area contributed by atoms with Gasteiger partial charge in [-0.25, -0.2) is 4.79 Å². The van der Waals surface area contributed by atoms with Gasteiger partial charge in [0.05, 0.1) is 26.0 Å². The monoisotopic (exact) mass is 467 g/mol. The molecule has 2 heterocycles. The van der Waals surface area contributed by atoms with E-state index < -0.39 is 5.97 Å². The summed E-state index contributed by atoms with van der Waals surface area (Å²) >= 11 is 0. The van der Waals surface area contributed by atoms with Crippen LogP contribution in [0, 0.1) is 5.41 Å². The Labute approximate surface area is 200 Å². The predicted molar refractivity (Wildman–Crippen MR) is 128 cm³/mol. The van der Waals surface area contributed by atoms with E-state index in [1.54, 1.807) is 33.4 Å². The molecule has 5 rings (SSSR count). The summed E-state index contributed by atoms with van der Waals surface area (Å²) in [5.74, 6) is 0.785. The molecule has 1 aromatic carbocycles. The van der Waals surface area contributed by atoms with Crippen LogP contribution in [0.5, 0.6) is 11.5 Å². The molecule has 34 heavy (non-hydrogen) atoms. The number of hydrogen-bond donors (Lipinski definition) is 0. The van der Waals surface area contributed by atoms with Crippen LogP contribution in [0.15, 0.2) is 29.2 Å². The average molecular weight is 468 g/mol. The van der Waals surface area contributed by atoms with Gasteiger partial charge in [-0.15, -0.1) is 0 Å². The van der Waals surface area contributed by atoms with E-state index in [9.17, 15) is 9.59 Å². The summed E-state index contributed by atoms with van der Waals surface area (Å²) in [6.07, 6.45) is 9.30. The molecule has 1 aromatic heterocycles. The van der Waals surface area contributed by atoms with Crippen LogP contribution >= 0.6 is 0 Å². The van der Waals surface area contributed by atoms with E-state index in [4.69, 9.17) is 18.9 Å². The number of nitrogens with zero attached hydrogens (tertiary/aromatic N) is 1. The molecule has 182 valence electrons. The molecule has 1 aliphatic heterocycles. The number of hydrogen-bond acceptors (Lipinski definition) is 6. The van der Waals surface area contributed by atoms with Crippen molar-refractivity contribution < 1.29 is 23.7 Å². The number of benzene rings is 1. The molecular formula is C27H33NO6. The first-order chi connectivity index (χ1) is 16.4. The first-order valence-electron chi connectivity index (χ1n) is 12.2. The molecule has 2 aliphatic carbocycles. The summed E-state index contributed by atoms with van der Waals surface area (Å²) < 4.78 is 24.2. The third-order valence-electron chi connectivity index (χ3n) is 7.82. The van der Waals surface area contributed by atoms with Gasteiger partial charge in [-0.3, -0.25) is 4.79 Å². The fraction of sp³-hybridized carbons (Fsp3) is 0.556. The molecule has 0 saturated heterocycles. The maximum atomic E-state index is 13.0. The van der Waals surface area contributed by atoms with E-state index in [0.29, 0.717) is 30.1 Å². The topological polar surface area (TPSA) is 76.0 Å². The molecule has 0 atom stereocenters. The fourth-order valence-electron chi connectivity index (χ4n) is 6.25. The van der Waals surface area contributed by atoms with E-state index in [1.807, 2.05) is 6.07 Å². The minimum absolute atomic E-state index is 0.105. The molecule has 3 aliphatic rings. The first-order valence-corrected chi connectivity index (χ1v) is 12.2. The Balaban J connectivity index is 1.59. The standard InChI is InChI=1S/C27H33NO6/c1-4-33-25(30)20-15-28-21(13-22(20)29)19-12-23(32-3)24(34-10-6-9-31-2)11-18(19)14-27(28)16-26(17-27)7-5-8-26/h11-13,15H,4-10,14,16-17H2,1-3H3. The van der Waals surface area contributed by atoms with E-state index >= 15 is 0 Å². The normalized spacial score (nSPS) is 18.4. The molecule has 0 radical (unpaired) electrons. The van der Waals surface area contributed by atoms with Crippen LogP contribution in [-0.2, 0) is 21.4 Å². The van der Waals surface area contributed by atoms with Gasteiger partial charge in [0.2, 0.25) is 0 Å². The molecule has 0 bridgehead atoms. The second kappa shape index (κ2) is 8.77. The number of methoxy groups -OCH3 is 2. The van der Waals surface area contributed by atoms with Gasteiger partial charge in [0.15, 0.2) is 16.9 Å². The quantitative estimate of drug-likeness (QED) is 0.425. The molecule has 7 nitrogen and oxygen atoms in total. The maximum absolute atomic E-state index is 13.0. The van der Waals surface area contributed by atoms with Gasteiger partial charge in [-0.1, -0.05) is 6.42 Å². The van der Waals surface area contributed by atoms with Crippen LogP contribution in [0.1, 0.15) is 61.4 Å². The molecule has 2 fully saturated rings. The molecule has 2 saturated carbocycles. The van der Waals surface area contributed by atoms with Crippen LogP contribution < -0.4 is 14.9 Å². The van der Waals surface area contributed by atoms with Crippen LogP contribution in [-0.4, -0.2) is 44.6 Å². The molecule has 0 N–H and O–H groups in total. The van der Waals surface area contributed by atoms with Crippen molar-refractivity contribution in [2.45, 2.75) is 57.4 Å². The van der Waals surface area contributed by atoms with Crippen molar-refractivity contribution in [3.8, 4) is 22.8 Å². The fourth-order valence-corrected chi connectivity index (χ4v) is 6.25. The largest absolute Gasteiger partial charge is 0.493 e. The van der Waals surface area contributed by atoms with Gasteiger partial charge in [-0.2, -0.15) is 0 Å². The summed E-state index contributed by atoms with van der Waals surface area (Å²) in [6, 6.07) is 5.62. The molecular weight excluding hydrogens is 434 g/mol. The number of rotatable bonds is 8. The van der Waals surface area contributed by atoms with Crippen molar-refractivity contribution in [2.24, 2.45) is 5.41 Å². The third-order valence-corrected chi connectivity index (χ3v) is 7.82. The summed E-state index contributed by atoms with van der Waals surface area (Å²) in [7, 11) is 3.30. The number of aromatic nitrogens is 1. The molecule has 7 heteroatoms. The second-order valence-corrected chi connectivity index (χ2v) is 9.99. The van der Waals surface area contributed by atoms with Gasteiger partial charge < -0.3 is 23.5 Å². The number of carbonyl (C=O) groups excluding carboxylic acids is 1. The number of carbonyl (C=O) groups is 1. The zero-order valence-corrected chi connectivity index (χ0v) is 20.3. The van der Waals surface area contributed by atoms with Gasteiger partial charge in [-0.05, 0) is 62.1 Å². The van der Waals surface area contributed by atoms with E-state index in [1.165, 1.54) is 19.3 Å².